The van der Waals surface area contributed by atoms with E-state index in [0.29, 0.717) is 6.04 Å². The second-order valence-electron chi connectivity index (χ2n) is 4.83. The van der Waals surface area contributed by atoms with Crippen molar-refractivity contribution in [2.75, 3.05) is 13.1 Å². The second-order valence-corrected chi connectivity index (χ2v) is 4.83. The molecule has 0 heterocycles. The molecule has 2 heteroatoms. The minimum Gasteiger partial charge on any atom is -0.330 e. The second kappa shape index (κ2) is 8.25. The van der Waals surface area contributed by atoms with E-state index in [9.17, 15) is 0 Å². The maximum atomic E-state index is 5.60. The average molecular weight is 200 g/mol. The molecule has 0 fully saturated rings. The molecule has 0 aromatic carbocycles. The molecule has 2 nitrogen and oxygen atoms in total. The normalized spacial score (nSPS) is 13.9. The first kappa shape index (κ1) is 13.9. The van der Waals surface area contributed by atoms with Gasteiger partial charge in [0, 0.05) is 6.04 Å². The van der Waals surface area contributed by atoms with E-state index < -0.39 is 0 Å². The molecule has 86 valence electrons. The van der Waals surface area contributed by atoms with Gasteiger partial charge in [0.15, 0.2) is 0 Å². The van der Waals surface area contributed by atoms with Gasteiger partial charge in [-0.1, -0.05) is 27.7 Å². The van der Waals surface area contributed by atoms with Crippen LogP contribution in [0.5, 0.6) is 0 Å². The molecule has 0 radical (unpaired) electrons. The number of hydrogen-bond acceptors (Lipinski definition) is 2. The Balaban J connectivity index is 3.50. The molecule has 0 aliphatic heterocycles. The van der Waals surface area contributed by atoms with Gasteiger partial charge >= 0.3 is 0 Å². The van der Waals surface area contributed by atoms with Crippen LogP contribution >= 0.6 is 0 Å². The maximum Gasteiger partial charge on any atom is 0.00103 e. The van der Waals surface area contributed by atoms with Crippen molar-refractivity contribution in [3.63, 3.8) is 0 Å². The summed E-state index contributed by atoms with van der Waals surface area (Å²) in [7, 11) is 0. The van der Waals surface area contributed by atoms with E-state index in [2.05, 4.69) is 33.0 Å². The Morgan fingerprint density at radius 1 is 1.07 bits per heavy atom. The first-order valence-corrected chi connectivity index (χ1v) is 6.01. The molecule has 1 unspecified atom stereocenters. The highest BCUT2D eigenvalue weighted by Crippen LogP contribution is 2.19. The van der Waals surface area contributed by atoms with E-state index in [0.717, 1.165) is 24.9 Å². The van der Waals surface area contributed by atoms with E-state index in [1.165, 1.54) is 19.3 Å². The standard InChI is InChI=1S/C12H28N2/c1-10(2)12(7-8-13)6-5-9-14-11(3)4/h10-12,14H,5-9,13H2,1-4H3. The summed E-state index contributed by atoms with van der Waals surface area (Å²) in [5, 5.41) is 3.45. The summed E-state index contributed by atoms with van der Waals surface area (Å²) in [6, 6.07) is 0.613. The highest BCUT2D eigenvalue weighted by Gasteiger charge is 2.11. The summed E-state index contributed by atoms with van der Waals surface area (Å²) in [5.74, 6) is 1.59. The molecule has 3 N–H and O–H groups in total. The summed E-state index contributed by atoms with van der Waals surface area (Å²) in [4.78, 5) is 0. The number of nitrogens with one attached hydrogen (secondary N) is 1. The highest BCUT2D eigenvalue weighted by atomic mass is 14.9. The molecule has 0 spiro atoms. The molecule has 0 saturated carbocycles. The van der Waals surface area contributed by atoms with Gasteiger partial charge in [-0.2, -0.15) is 0 Å². The zero-order valence-electron chi connectivity index (χ0n) is 10.3. The van der Waals surface area contributed by atoms with Gasteiger partial charge in [0.1, 0.15) is 0 Å². The van der Waals surface area contributed by atoms with Gasteiger partial charge in [0.25, 0.3) is 0 Å². The van der Waals surface area contributed by atoms with Crippen LogP contribution in [0.15, 0.2) is 0 Å². The van der Waals surface area contributed by atoms with Gasteiger partial charge in [-0.3, -0.25) is 0 Å². The Hall–Kier alpha value is -0.0800. The smallest absolute Gasteiger partial charge is 0.00103 e. The molecule has 0 saturated heterocycles. The van der Waals surface area contributed by atoms with Crippen LogP contribution in [0.3, 0.4) is 0 Å². The number of nitrogens with two attached hydrogens (primary N) is 1. The molecule has 0 rings (SSSR count). The average Bonchev–Trinajstić information content (AvgIpc) is 2.09. The largest absolute Gasteiger partial charge is 0.330 e. The molecular formula is C12H28N2. The predicted octanol–water partition coefficient (Wildman–Crippen LogP) is 2.39. The van der Waals surface area contributed by atoms with Crippen molar-refractivity contribution < 1.29 is 0 Å². The number of hydrogen-bond donors (Lipinski definition) is 2. The Bertz CT molecular complexity index is 121. The minimum atomic E-state index is 0.613. The molecule has 0 aliphatic rings. The Kier molecular flexibility index (Phi) is 8.20. The fraction of sp³-hybridized carbons (Fsp3) is 1.00. The van der Waals surface area contributed by atoms with E-state index in [1.807, 2.05) is 0 Å². The van der Waals surface area contributed by atoms with Crippen LogP contribution in [-0.2, 0) is 0 Å². The minimum absolute atomic E-state index is 0.613. The van der Waals surface area contributed by atoms with Gasteiger partial charge in [-0.05, 0) is 44.2 Å². The Morgan fingerprint density at radius 2 is 1.71 bits per heavy atom. The third-order valence-electron chi connectivity index (χ3n) is 2.78. The van der Waals surface area contributed by atoms with E-state index >= 15 is 0 Å². The van der Waals surface area contributed by atoms with Crippen molar-refractivity contribution in [1.29, 1.82) is 0 Å². The van der Waals surface area contributed by atoms with Gasteiger partial charge in [-0.25, -0.2) is 0 Å². The van der Waals surface area contributed by atoms with Crippen LogP contribution in [0, 0.1) is 11.8 Å². The predicted molar refractivity (Wildman–Crippen MR) is 64.4 cm³/mol. The molecule has 14 heavy (non-hydrogen) atoms. The van der Waals surface area contributed by atoms with Crippen LogP contribution in [0.25, 0.3) is 0 Å². The topological polar surface area (TPSA) is 38.0 Å². The third-order valence-corrected chi connectivity index (χ3v) is 2.78. The molecule has 0 aromatic heterocycles. The SMILES string of the molecule is CC(C)NCCCC(CCN)C(C)C. The van der Waals surface area contributed by atoms with E-state index in [4.69, 9.17) is 5.73 Å². The zero-order valence-corrected chi connectivity index (χ0v) is 10.3. The summed E-state index contributed by atoms with van der Waals surface area (Å²) in [6.07, 6.45) is 3.77. The van der Waals surface area contributed by atoms with Crippen LogP contribution in [0.2, 0.25) is 0 Å². The molecule has 1 atom stereocenters. The van der Waals surface area contributed by atoms with Crippen molar-refractivity contribution in [2.24, 2.45) is 17.6 Å². The molecule has 0 aliphatic carbocycles. The Labute approximate surface area is 89.6 Å². The van der Waals surface area contributed by atoms with Crippen LogP contribution in [-0.4, -0.2) is 19.1 Å². The fourth-order valence-corrected chi connectivity index (χ4v) is 1.78. The zero-order chi connectivity index (χ0) is 11.0. The summed E-state index contributed by atoms with van der Waals surface area (Å²) in [6.45, 7) is 11.0. The first-order chi connectivity index (χ1) is 6.57. The van der Waals surface area contributed by atoms with Crippen LogP contribution in [0.1, 0.15) is 47.0 Å². The maximum absolute atomic E-state index is 5.60. The summed E-state index contributed by atoms with van der Waals surface area (Å²) < 4.78 is 0. The highest BCUT2D eigenvalue weighted by molar-refractivity contribution is 4.65. The lowest BCUT2D eigenvalue weighted by atomic mass is 9.88. The quantitative estimate of drug-likeness (QED) is 0.590. The van der Waals surface area contributed by atoms with Gasteiger partial charge in [-0.15, -0.1) is 0 Å². The van der Waals surface area contributed by atoms with Gasteiger partial charge in [0.2, 0.25) is 0 Å². The van der Waals surface area contributed by atoms with E-state index in [-0.39, 0.29) is 0 Å². The van der Waals surface area contributed by atoms with Crippen molar-refractivity contribution in [3.8, 4) is 0 Å². The first-order valence-electron chi connectivity index (χ1n) is 6.01. The molecule has 0 bridgehead atoms. The lowest BCUT2D eigenvalue weighted by molar-refractivity contribution is 0.329. The molecule has 0 amide bonds. The summed E-state index contributed by atoms with van der Waals surface area (Å²) in [5.41, 5.74) is 5.60. The lowest BCUT2D eigenvalue weighted by Gasteiger charge is -2.20. The van der Waals surface area contributed by atoms with Crippen molar-refractivity contribution in [2.45, 2.75) is 53.0 Å². The van der Waals surface area contributed by atoms with Gasteiger partial charge < -0.3 is 11.1 Å². The summed E-state index contributed by atoms with van der Waals surface area (Å²) >= 11 is 0. The lowest BCUT2D eigenvalue weighted by Crippen LogP contribution is -2.24. The molecular weight excluding hydrogens is 172 g/mol. The van der Waals surface area contributed by atoms with Crippen molar-refractivity contribution in [3.05, 3.63) is 0 Å². The van der Waals surface area contributed by atoms with Gasteiger partial charge in [0.05, 0.1) is 0 Å². The fourth-order valence-electron chi connectivity index (χ4n) is 1.78. The number of rotatable bonds is 8. The Morgan fingerprint density at radius 3 is 2.14 bits per heavy atom. The monoisotopic (exact) mass is 200 g/mol. The van der Waals surface area contributed by atoms with Crippen LogP contribution in [0.4, 0.5) is 0 Å². The van der Waals surface area contributed by atoms with Crippen molar-refractivity contribution >= 4 is 0 Å². The molecule has 0 aromatic rings. The van der Waals surface area contributed by atoms with E-state index in [1.54, 1.807) is 0 Å². The third kappa shape index (κ3) is 7.34. The van der Waals surface area contributed by atoms with Crippen molar-refractivity contribution in [1.82, 2.24) is 5.32 Å². The van der Waals surface area contributed by atoms with Crippen LogP contribution < -0.4 is 11.1 Å².